The number of halogens is 3. The van der Waals surface area contributed by atoms with Gasteiger partial charge in [-0.25, -0.2) is 0 Å². The molecule has 2 amide bonds. The van der Waals surface area contributed by atoms with Crippen molar-refractivity contribution in [2.24, 2.45) is 0 Å². The Hall–Kier alpha value is -1.99. The fourth-order valence-corrected chi connectivity index (χ4v) is 5.15. The number of rotatable bonds is 10. The molecule has 34 heavy (non-hydrogen) atoms. The van der Waals surface area contributed by atoms with E-state index in [0.29, 0.717) is 27.8 Å². The van der Waals surface area contributed by atoms with Gasteiger partial charge in [-0.2, -0.15) is 0 Å². The minimum absolute atomic E-state index is 0.140. The van der Waals surface area contributed by atoms with E-state index in [2.05, 4.69) is 21.2 Å². The van der Waals surface area contributed by atoms with Crippen LogP contribution < -0.4 is 5.32 Å². The van der Waals surface area contributed by atoms with E-state index in [4.69, 9.17) is 23.2 Å². The van der Waals surface area contributed by atoms with Gasteiger partial charge in [0.2, 0.25) is 11.8 Å². The van der Waals surface area contributed by atoms with Crippen molar-refractivity contribution in [3.05, 3.63) is 104 Å². The number of hydrogen-bond acceptors (Lipinski definition) is 3. The minimum Gasteiger partial charge on any atom is -0.357 e. The highest BCUT2D eigenvalue weighted by molar-refractivity contribution is 9.10. The van der Waals surface area contributed by atoms with Crippen LogP contribution in [-0.4, -0.2) is 35.6 Å². The SMILES string of the molecule is CNC(=O)[C@H](Cc1ccccc1)N(Cc1c(Cl)cccc1Cl)C(=O)CSCc1ccc(Br)cc1. The van der Waals surface area contributed by atoms with Gasteiger partial charge in [-0.05, 0) is 35.4 Å². The Morgan fingerprint density at radius 2 is 1.59 bits per heavy atom. The number of benzene rings is 3. The van der Waals surface area contributed by atoms with Gasteiger partial charge >= 0.3 is 0 Å². The molecule has 1 atom stereocenters. The average molecular weight is 580 g/mol. The molecule has 0 aliphatic heterocycles. The van der Waals surface area contributed by atoms with Gasteiger partial charge in [0.15, 0.2) is 0 Å². The summed E-state index contributed by atoms with van der Waals surface area (Å²) in [6.07, 6.45) is 0.381. The third-order valence-electron chi connectivity index (χ3n) is 5.32. The first-order valence-electron chi connectivity index (χ1n) is 10.7. The van der Waals surface area contributed by atoms with Crippen molar-refractivity contribution in [3.63, 3.8) is 0 Å². The Bertz CT molecular complexity index is 1090. The van der Waals surface area contributed by atoms with Crippen LogP contribution in [0.3, 0.4) is 0 Å². The highest BCUT2D eigenvalue weighted by Gasteiger charge is 2.30. The molecule has 4 nitrogen and oxygen atoms in total. The van der Waals surface area contributed by atoms with Crippen LogP contribution >= 0.6 is 50.9 Å². The molecule has 0 aliphatic carbocycles. The number of hydrogen-bond donors (Lipinski definition) is 1. The molecular formula is C26H25BrCl2N2O2S. The molecule has 0 fully saturated rings. The normalized spacial score (nSPS) is 11.6. The number of amides is 2. The standard InChI is InChI=1S/C26H25BrCl2N2O2S/c1-30-26(33)24(14-18-6-3-2-4-7-18)31(15-21-22(28)8-5-9-23(21)29)25(32)17-34-16-19-10-12-20(27)13-11-19/h2-13,24H,14-17H2,1H3,(H,30,33)/t24-/m0/s1. The Balaban J connectivity index is 1.85. The van der Waals surface area contributed by atoms with E-state index in [-0.39, 0.29) is 24.1 Å². The summed E-state index contributed by atoms with van der Waals surface area (Å²) in [7, 11) is 1.58. The van der Waals surface area contributed by atoms with Gasteiger partial charge in [0.05, 0.1) is 5.75 Å². The predicted molar refractivity (Wildman–Crippen MR) is 145 cm³/mol. The molecule has 0 saturated carbocycles. The summed E-state index contributed by atoms with van der Waals surface area (Å²) in [4.78, 5) is 28.1. The molecule has 0 unspecified atom stereocenters. The highest BCUT2D eigenvalue weighted by atomic mass is 79.9. The Kier molecular flexibility index (Phi) is 10.3. The molecule has 0 radical (unpaired) electrons. The van der Waals surface area contributed by atoms with Crippen molar-refractivity contribution in [3.8, 4) is 0 Å². The van der Waals surface area contributed by atoms with Crippen LogP contribution in [0.4, 0.5) is 0 Å². The largest absolute Gasteiger partial charge is 0.357 e. The van der Waals surface area contributed by atoms with Crippen LogP contribution in [0.5, 0.6) is 0 Å². The maximum Gasteiger partial charge on any atom is 0.242 e. The quantitative estimate of drug-likeness (QED) is 0.303. The number of nitrogens with zero attached hydrogens (tertiary/aromatic N) is 1. The molecule has 0 bridgehead atoms. The van der Waals surface area contributed by atoms with Crippen LogP contribution in [-0.2, 0) is 28.3 Å². The van der Waals surface area contributed by atoms with Gasteiger partial charge in [0.25, 0.3) is 0 Å². The van der Waals surface area contributed by atoms with E-state index in [1.807, 2.05) is 54.6 Å². The second-order valence-corrected chi connectivity index (χ2v) is 10.4. The third-order valence-corrected chi connectivity index (χ3v) is 7.54. The van der Waals surface area contributed by atoms with Crippen LogP contribution in [0.25, 0.3) is 0 Å². The molecule has 3 rings (SSSR count). The Morgan fingerprint density at radius 3 is 2.21 bits per heavy atom. The molecule has 178 valence electrons. The second kappa shape index (κ2) is 13.2. The lowest BCUT2D eigenvalue weighted by Gasteiger charge is -2.31. The summed E-state index contributed by atoms with van der Waals surface area (Å²) >= 11 is 17.8. The first kappa shape index (κ1) is 26.6. The van der Waals surface area contributed by atoms with E-state index in [9.17, 15) is 9.59 Å². The molecule has 0 saturated heterocycles. The zero-order valence-electron chi connectivity index (χ0n) is 18.6. The lowest BCUT2D eigenvalue weighted by Crippen LogP contribution is -2.50. The molecule has 1 N–H and O–H groups in total. The van der Waals surface area contributed by atoms with Gasteiger partial charge in [-0.3, -0.25) is 9.59 Å². The first-order valence-corrected chi connectivity index (χ1v) is 13.4. The summed E-state index contributed by atoms with van der Waals surface area (Å²) in [6, 6.07) is 22.2. The lowest BCUT2D eigenvalue weighted by molar-refractivity contribution is -0.139. The summed E-state index contributed by atoms with van der Waals surface area (Å²) in [5.74, 6) is 0.518. The first-order chi connectivity index (χ1) is 16.4. The Morgan fingerprint density at radius 1 is 0.941 bits per heavy atom. The maximum atomic E-state index is 13.5. The molecule has 8 heteroatoms. The number of nitrogens with one attached hydrogen (secondary N) is 1. The topological polar surface area (TPSA) is 49.4 Å². The van der Waals surface area contributed by atoms with Crippen molar-refractivity contribution < 1.29 is 9.59 Å². The molecule has 0 aliphatic rings. The van der Waals surface area contributed by atoms with Crippen LogP contribution in [0.15, 0.2) is 77.3 Å². The molecule has 3 aromatic rings. The number of thioether (sulfide) groups is 1. The average Bonchev–Trinajstić information content (AvgIpc) is 2.84. The van der Waals surface area contributed by atoms with Crippen LogP contribution in [0.2, 0.25) is 10.0 Å². The van der Waals surface area contributed by atoms with Gasteiger partial charge in [-0.1, -0.05) is 87.7 Å². The minimum atomic E-state index is -0.708. The molecular weight excluding hydrogens is 555 g/mol. The van der Waals surface area contributed by atoms with Crippen LogP contribution in [0, 0.1) is 0 Å². The fourth-order valence-electron chi connectivity index (χ4n) is 3.49. The number of carbonyl (C=O) groups is 2. The monoisotopic (exact) mass is 578 g/mol. The smallest absolute Gasteiger partial charge is 0.242 e. The van der Waals surface area contributed by atoms with Crippen molar-refractivity contribution in [2.45, 2.75) is 24.8 Å². The molecule has 0 aromatic heterocycles. The zero-order chi connectivity index (χ0) is 24.5. The predicted octanol–water partition coefficient (Wildman–Crippen LogP) is 6.38. The van der Waals surface area contributed by atoms with Gasteiger partial charge in [0, 0.05) is 45.8 Å². The maximum absolute atomic E-state index is 13.5. The zero-order valence-corrected chi connectivity index (χ0v) is 22.6. The summed E-state index contributed by atoms with van der Waals surface area (Å²) < 4.78 is 1.01. The molecule has 0 heterocycles. The van der Waals surface area contributed by atoms with Crippen LogP contribution in [0.1, 0.15) is 16.7 Å². The number of carbonyl (C=O) groups excluding carboxylic acids is 2. The lowest BCUT2D eigenvalue weighted by atomic mass is 10.0. The molecule has 3 aromatic carbocycles. The number of likely N-dealkylation sites (N-methyl/N-ethyl adjacent to an activating group) is 1. The highest BCUT2D eigenvalue weighted by Crippen LogP contribution is 2.28. The summed E-state index contributed by atoms with van der Waals surface area (Å²) in [6.45, 7) is 0.140. The van der Waals surface area contributed by atoms with Gasteiger partial charge in [-0.15, -0.1) is 11.8 Å². The van der Waals surface area contributed by atoms with E-state index in [0.717, 1.165) is 15.6 Å². The van der Waals surface area contributed by atoms with E-state index in [1.54, 1.807) is 30.1 Å². The van der Waals surface area contributed by atoms with Crippen molar-refractivity contribution in [1.29, 1.82) is 0 Å². The van der Waals surface area contributed by atoms with E-state index >= 15 is 0 Å². The second-order valence-electron chi connectivity index (χ2n) is 7.66. The van der Waals surface area contributed by atoms with E-state index in [1.165, 1.54) is 11.8 Å². The third kappa shape index (κ3) is 7.51. The van der Waals surface area contributed by atoms with Gasteiger partial charge in [0.1, 0.15) is 6.04 Å². The summed E-state index contributed by atoms with van der Waals surface area (Å²) in [5.41, 5.74) is 2.70. The fraction of sp³-hybridized carbons (Fsp3) is 0.231. The van der Waals surface area contributed by atoms with Gasteiger partial charge < -0.3 is 10.2 Å². The van der Waals surface area contributed by atoms with Crippen molar-refractivity contribution >= 4 is 62.7 Å². The van der Waals surface area contributed by atoms with Crippen molar-refractivity contribution in [2.75, 3.05) is 12.8 Å². The Labute approximate surface area is 223 Å². The summed E-state index contributed by atoms with van der Waals surface area (Å²) in [5, 5.41) is 3.64. The molecule has 0 spiro atoms. The van der Waals surface area contributed by atoms with E-state index < -0.39 is 6.04 Å². The van der Waals surface area contributed by atoms with Crippen molar-refractivity contribution in [1.82, 2.24) is 10.2 Å².